The number of nitrogen functional groups attached to an aromatic ring is 1. The van der Waals surface area contributed by atoms with Crippen LogP contribution in [0, 0.1) is 0 Å². The molecular weight excluding hydrogens is 214 g/mol. The van der Waals surface area contributed by atoms with Crippen LogP contribution in [0.2, 0.25) is 0 Å². The molecule has 0 atom stereocenters. The number of aliphatic hydroxyl groups is 2. The molecule has 0 bridgehead atoms. The Balaban J connectivity index is 3.05. The fourth-order valence-corrected chi connectivity index (χ4v) is 1.15. The number of carboxylic acids is 1. The van der Waals surface area contributed by atoms with Gasteiger partial charge in [0.15, 0.2) is 5.75 Å². The zero-order valence-corrected chi connectivity index (χ0v) is 8.46. The molecule has 0 aliphatic carbocycles. The number of hydrogen-bond donors (Lipinski definition) is 4. The Morgan fingerprint density at radius 2 is 2.00 bits per heavy atom. The zero-order chi connectivity index (χ0) is 12.1. The number of benzene rings is 1. The fourth-order valence-electron chi connectivity index (χ4n) is 1.15. The van der Waals surface area contributed by atoms with Crippen LogP contribution in [0.3, 0.4) is 0 Å². The van der Waals surface area contributed by atoms with Crippen molar-refractivity contribution in [2.75, 3.05) is 18.9 Å². The van der Waals surface area contributed by atoms with Gasteiger partial charge in [-0.2, -0.15) is 0 Å². The minimum atomic E-state index is -1.18. The van der Waals surface area contributed by atoms with Crippen LogP contribution in [0.4, 0.5) is 5.69 Å². The van der Waals surface area contributed by atoms with Gasteiger partial charge in [-0.25, -0.2) is 4.79 Å². The number of aromatic carboxylic acids is 1. The molecule has 0 heterocycles. The van der Waals surface area contributed by atoms with Crippen molar-refractivity contribution in [1.29, 1.82) is 0 Å². The summed E-state index contributed by atoms with van der Waals surface area (Å²) in [6.07, 6.45) is -0.886. The summed E-state index contributed by atoms with van der Waals surface area (Å²) < 4.78 is 5.13. The smallest absolute Gasteiger partial charge is 0.339 e. The first-order valence-corrected chi connectivity index (χ1v) is 4.60. The van der Waals surface area contributed by atoms with E-state index in [4.69, 9.17) is 25.8 Å². The Kier molecular flexibility index (Phi) is 4.10. The third-order valence-electron chi connectivity index (χ3n) is 1.97. The Hall–Kier alpha value is -1.79. The summed E-state index contributed by atoms with van der Waals surface area (Å²) in [6.45, 7) is -0.853. The SMILES string of the molecule is Nc1cccc(C(=O)O)c1OC(CO)CO. The molecule has 1 aromatic carbocycles. The highest BCUT2D eigenvalue weighted by Crippen LogP contribution is 2.27. The highest BCUT2D eigenvalue weighted by atomic mass is 16.5. The van der Waals surface area contributed by atoms with Crippen molar-refractivity contribution in [3.8, 4) is 5.75 Å². The van der Waals surface area contributed by atoms with Crippen LogP contribution in [0.25, 0.3) is 0 Å². The summed E-state index contributed by atoms with van der Waals surface area (Å²) in [5, 5.41) is 26.6. The molecule has 0 aliphatic heterocycles. The lowest BCUT2D eigenvalue weighted by Crippen LogP contribution is -2.26. The number of carbonyl (C=O) groups is 1. The number of nitrogens with two attached hydrogens (primary N) is 1. The van der Waals surface area contributed by atoms with Gasteiger partial charge >= 0.3 is 5.97 Å². The largest absolute Gasteiger partial charge is 0.483 e. The van der Waals surface area contributed by atoms with Crippen molar-refractivity contribution in [3.63, 3.8) is 0 Å². The van der Waals surface area contributed by atoms with Crippen molar-refractivity contribution in [2.24, 2.45) is 0 Å². The van der Waals surface area contributed by atoms with Gasteiger partial charge in [0.25, 0.3) is 0 Å². The number of aliphatic hydroxyl groups excluding tert-OH is 2. The number of anilines is 1. The van der Waals surface area contributed by atoms with Gasteiger partial charge in [-0.15, -0.1) is 0 Å². The first kappa shape index (κ1) is 12.3. The zero-order valence-electron chi connectivity index (χ0n) is 8.46. The van der Waals surface area contributed by atoms with Crippen molar-refractivity contribution >= 4 is 11.7 Å². The summed E-state index contributed by atoms with van der Waals surface area (Å²) >= 11 is 0. The molecule has 0 aromatic heterocycles. The Morgan fingerprint density at radius 1 is 1.38 bits per heavy atom. The van der Waals surface area contributed by atoms with E-state index in [9.17, 15) is 4.79 Å². The standard InChI is InChI=1S/C10H13NO5/c11-8-3-1-2-7(10(14)15)9(8)16-6(4-12)5-13/h1-3,6,12-13H,4-5,11H2,(H,14,15). The topological polar surface area (TPSA) is 113 Å². The molecular formula is C10H13NO5. The predicted molar refractivity (Wildman–Crippen MR) is 56.4 cm³/mol. The maximum Gasteiger partial charge on any atom is 0.339 e. The average molecular weight is 227 g/mol. The van der Waals surface area contributed by atoms with Gasteiger partial charge in [0.2, 0.25) is 0 Å². The lowest BCUT2D eigenvalue weighted by molar-refractivity contribution is 0.0579. The Labute approximate surface area is 91.9 Å². The summed E-state index contributed by atoms with van der Waals surface area (Å²) in [4.78, 5) is 10.9. The number of hydrogen-bond acceptors (Lipinski definition) is 5. The number of ether oxygens (including phenoxy) is 1. The van der Waals surface area contributed by atoms with Crippen LogP contribution in [-0.4, -0.2) is 40.6 Å². The van der Waals surface area contributed by atoms with Crippen LogP contribution >= 0.6 is 0 Å². The maximum absolute atomic E-state index is 10.9. The molecule has 16 heavy (non-hydrogen) atoms. The normalized spacial score (nSPS) is 10.4. The highest BCUT2D eigenvalue weighted by molar-refractivity contribution is 5.93. The van der Waals surface area contributed by atoms with Gasteiger partial charge in [0.1, 0.15) is 11.7 Å². The van der Waals surface area contributed by atoms with E-state index in [-0.39, 0.29) is 17.0 Å². The molecule has 1 rings (SSSR count). The Bertz CT molecular complexity index is 375. The third-order valence-corrected chi connectivity index (χ3v) is 1.97. The van der Waals surface area contributed by atoms with Crippen molar-refractivity contribution in [3.05, 3.63) is 23.8 Å². The van der Waals surface area contributed by atoms with E-state index in [2.05, 4.69) is 0 Å². The minimum Gasteiger partial charge on any atom is -0.483 e. The fraction of sp³-hybridized carbons (Fsp3) is 0.300. The molecule has 0 amide bonds. The van der Waals surface area contributed by atoms with Crippen LogP contribution in [0.15, 0.2) is 18.2 Å². The predicted octanol–water partition coefficient (Wildman–Crippen LogP) is -0.301. The van der Waals surface area contributed by atoms with E-state index < -0.39 is 25.3 Å². The van der Waals surface area contributed by atoms with E-state index in [1.807, 2.05) is 0 Å². The van der Waals surface area contributed by atoms with Gasteiger partial charge in [-0.3, -0.25) is 0 Å². The molecule has 0 fully saturated rings. The van der Waals surface area contributed by atoms with Crippen molar-refractivity contribution < 1.29 is 24.9 Å². The molecule has 1 aromatic rings. The van der Waals surface area contributed by atoms with Crippen LogP contribution in [-0.2, 0) is 0 Å². The number of rotatable bonds is 5. The maximum atomic E-state index is 10.9. The molecule has 5 N–H and O–H groups in total. The average Bonchev–Trinajstić information content (AvgIpc) is 2.27. The first-order valence-electron chi connectivity index (χ1n) is 4.60. The van der Waals surface area contributed by atoms with Gasteiger partial charge in [-0.1, -0.05) is 6.07 Å². The molecule has 0 saturated heterocycles. The highest BCUT2D eigenvalue weighted by Gasteiger charge is 2.17. The van der Waals surface area contributed by atoms with E-state index >= 15 is 0 Å². The molecule has 0 spiro atoms. The molecule has 6 nitrogen and oxygen atoms in total. The summed E-state index contributed by atoms with van der Waals surface area (Å²) in [6, 6.07) is 4.30. The van der Waals surface area contributed by atoms with E-state index in [1.165, 1.54) is 18.2 Å². The van der Waals surface area contributed by atoms with E-state index in [0.717, 1.165) is 0 Å². The second-order valence-electron chi connectivity index (χ2n) is 3.13. The molecule has 0 unspecified atom stereocenters. The lowest BCUT2D eigenvalue weighted by Gasteiger charge is -2.17. The minimum absolute atomic E-state index is 0.0388. The molecule has 6 heteroatoms. The second-order valence-corrected chi connectivity index (χ2v) is 3.13. The summed E-state index contributed by atoms with van der Waals surface area (Å²) in [7, 11) is 0. The number of para-hydroxylation sites is 1. The molecule has 0 saturated carbocycles. The van der Waals surface area contributed by atoms with Crippen molar-refractivity contribution in [1.82, 2.24) is 0 Å². The lowest BCUT2D eigenvalue weighted by atomic mass is 10.1. The third kappa shape index (κ3) is 2.62. The van der Waals surface area contributed by atoms with Crippen LogP contribution < -0.4 is 10.5 Å². The molecule has 0 radical (unpaired) electrons. The van der Waals surface area contributed by atoms with Gasteiger partial charge in [-0.05, 0) is 12.1 Å². The van der Waals surface area contributed by atoms with Gasteiger partial charge < -0.3 is 25.8 Å². The van der Waals surface area contributed by atoms with Crippen LogP contribution in [0.5, 0.6) is 5.75 Å². The molecule has 88 valence electrons. The van der Waals surface area contributed by atoms with E-state index in [1.54, 1.807) is 0 Å². The Morgan fingerprint density at radius 3 is 2.50 bits per heavy atom. The quantitative estimate of drug-likeness (QED) is 0.513. The number of carboxylic acid groups (broad SMARTS) is 1. The summed E-state index contributed by atoms with van der Waals surface area (Å²) in [5.74, 6) is -1.22. The summed E-state index contributed by atoms with van der Waals surface area (Å²) in [5.41, 5.74) is 5.61. The first-order chi connectivity index (χ1) is 7.60. The van der Waals surface area contributed by atoms with E-state index in [0.29, 0.717) is 0 Å². The monoisotopic (exact) mass is 227 g/mol. The van der Waals surface area contributed by atoms with Gasteiger partial charge in [0, 0.05) is 0 Å². The van der Waals surface area contributed by atoms with Crippen LogP contribution in [0.1, 0.15) is 10.4 Å². The second kappa shape index (κ2) is 5.34. The molecule has 0 aliphatic rings. The van der Waals surface area contributed by atoms with Gasteiger partial charge in [0.05, 0.1) is 18.9 Å². The van der Waals surface area contributed by atoms with Crippen molar-refractivity contribution in [2.45, 2.75) is 6.10 Å².